The third-order valence-electron chi connectivity index (χ3n) is 0. The Morgan fingerprint density at radius 2 is 1.00 bits per heavy atom. The van der Waals surface area contributed by atoms with Crippen LogP contribution in [0.3, 0.4) is 0 Å². The third-order valence-corrected chi connectivity index (χ3v) is 0. The van der Waals surface area contributed by atoms with Gasteiger partial charge in [0.15, 0.2) is 0 Å². The van der Waals surface area contributed by atoms with Crippen LogP contribution in [-0.2, 0) is 72.7 Å². The van der Waals surface area contributed by atoms with Gasteiger partial charge in [0.2, 0.25) is 0 Å². The molecule has 5 heavy (non-hydrogen) atoms. The number of hydrogen-bond acceptors (Lipinski definition) is 0. The first kappa shape index (κ1) is 54.2. The van der Waals surface area contributed by atoms with Crippen molar-refractivity contribution in [2.45, 2.75) is 0 Å². The second-order valence-corrected chi connectivity index (χ2v) is 0. The van der Waals surface area contributed by atoms with Crippen LogP contribution in [0, 0.1) is 0 Å². The fraction of sp³-hybridized carbons (Fsp3) is 0. The van der Waals surface area contributed by atoms with E-state index in [1.807, 2.05) is 0 Å². The first-order chi connectivity index (χ1) is 0. The van der Waals surface area contributed by atoms with E-state index in [1.54, 1.807) is 0 Å². The quantitative estimate of drug-likeness (QED) is 0.534. The van der Waals surface area contributed by atoms with E-state index < -0.39 is 0 Å². The zero-order valence-electron chi connectivity index (χ0n) is 1.88. The Kier molecular flexibility index (Phi) is 360. The Hall–Kier alpha value is 2.32. The van der Waals surface area contributed by atoms with Crippen molar-refractivity contribution in [3.05, 3.63) is 0 Å². The van der Waals surface area contributed by atoms with Crippen LogP contribution in [0.25, 0.3) is 0 Å². The molecule has 0 nitrogen and oxygen atoms in total. The molecule has 0 spiro atoms. The van der Waals surface area contributed by atoms with Gasteiger partial charge in [0, 0.05) is 81.1 Å². The molecule has 0 saturated heterocycles. The average Bonchev–Trinajstić information content (AvgIpc) is 0. The monoisotopic (exact) mass is 291 g/mol. The molecule has 0 aliphatic carbocycles. The van der Waals surface area contributed by atoms with Crippen molar-refractivity contribution in [1.29, 1.82) is 0 Å². The molecule has 0 aromatic carbocycles. The van der Waals surface area contributed by atoms with E-state index in [1.165, 1.54) is 0 Å². The molecule has 0 aromatic heterocycles. The molecule has 0 fully saturated rings. The van der Waals surface area contributed by atoms with Gasteiger partial charge in [-0.25, -0.2) is 0 Å². The molecule has 5 heteroatoms. The van der Waals surface area contributed by atoms with Crippen molar-refractivity contribution in [3.8, 4) is 0 Å². The summed E-state index contributed by atoms with van der Waals surface area (Å²) in [4.78, 5) is 0. The fourth-order valence-corrected chi connectivity index (χ4v) is 0. The summed E-state index contributed by atoms with van der Waals surface area (Å²) in [5.41, 5.74) is 0. The molecule has 0 unspecified atom stereocenters. The van der Waals surface area contributed by atoms with E-state index in [0.717, 1.165) is 0 Å². The van der Waals surface area contributed by atoms with Crippen LogP contribution in [-0.4, -0.2) is 8.41 Å². The second kappa shape index (κ2) is 33.2. The van der Waals surface area contributed by atoms with Gasteiger partial charge >= 0.3 is 0 Å². The molecule has 0 atom stereocenters. The summed E-state index contributed by atoms with van der Waals surface area (Å²) in [7, 11) is 0. The largest absolute Gasteiger partial charge is 0 e. The summed E-state index contributed by atoms with van der Waals surface area (Å²) >= 11 is 0. The van der Waals surface area contributed by atoms with Gasteiger partial charge in [-0.05, 0) is 0 Å². The van der Waals surface area contributed by atoms with E-state index in [2.05, 4.69) is 0 Å². The molecule has 0 rings (SSSR count). The van der Waals surface area contributed by atoms with Crippen molar-refractivity contribution in [1.82, 2.24) is 0 Å². The Morgan fingerprint density at radius 1 is 1.00 bits per heavy atom. The first-order valence-electron chi connectivity index (χ1n) is 0. The van der Waals surface area contributed by atoms with Crippen molar-refractivity contribution in [2.24, 2.45) is 0 Å². The number of hydrogen-bond donors (Lipinski definition) is 0. The first-order valence-corrected chi connectivity index (χ1v) is 0. The summed E-state index contributed by atoms with van der Waals surface area (Å²) < 4.78 is 0. The smallest absolute Gasteiger partial charge is 0 e. The van der Waals surface area contributed by atoms with E-state index in [0.29, 0.717) is 0 Å². The molecule has 0 saturated carbocycles. The van der Waals surface area contributed by atoms with Crippen LogP contribution < -0.4 is 0 Å². The molecule has 0 aliphatic heterocycles. The Balaban J connectivity index is 0. The Labute approximate surface area is 80.3 Å². The summed E-state index contributed by atoms with van der Waals surface area (Å²) in [6, 6.07) is 0. The standard InChI is InChI=1S/Ag.B.Co.Fe.Ni. The molecule has 5 radical (unpaired) electrons. The molecule has 0 N–H and O–H groups in total. The summed E-state index contributed by atoms with van der Waals surface area (Å²) in [6.07, 6.45) is 0. The molecule has 0 aliphatic rings. The van der Waals surface area contributed by atoms with E-state index in [9.17, 15) is 0 Å². The van der Waals surface area contributed by atoms with Gasteiger partial charge in [-0.15, -0.1) is 0 Å². The maximum atomic E-state index is 0. The van der Waals surface area contributed by atoms with Gasteiger partial charge in [0.05, 0.1) is 0 Å². The zero-order chi connectivity index (χ0) is 0. The van der Waals surface area contributed by atoms with E-state index >= 15 is 0 Å². The normalized spacial score (nSPS) is 0. The van der Waals surface area contributed by atoms with Gasteiger partial charge in [0.25, 0.3) is 0 Å². The average molecular weight is 292 g/mol. The van der Waals surface area contributed by atoms with Gasteiger partial charge < -0.3 is 0 Å². The molecule has 0 bridgehead atoms. The summed E-state index contributed by atoms with van der Waals surface area (Å²) in [5, 5.41) is 0. The Bertz CT molecular complexity index is 11.6. The van der Waals surface area contributed by atoms with Crippen molar-refractivity contribution < 1.29 is 72.7 Å². The maximum absolute atomic E-state index is 0. The minimum Gasteiger partial charge on any atom is 0 e. The topological polar surface area (TPSA) is 0 Å². The second-order valence-electron chi connectivity index (χ2n) is 0. The predicted molar refractivity (Wildman–Crippen MR) is 5.75 cm³/mol. The van der Waals surface area contributed by atoms with Crippen LogP contribution >= 0.6 is 0 Å². The van der Waals surface area contributed by atoms with E-state index in [4.69, 9.17) is 0 Å². The van der Waals surface area contributed by atoms with Crippen LogP contribution in [0.5, 0.6) is 0 Å². The maximum Gasteiger partial charge on any atom is 0 e. The molecular formula is AgBCoFeNi. The fourth-order valence-electron chi connectivity index (χ4n) is 0. The predicted octanol–water partition coefficient (Wildman–Crippen LogP) is -0.391. The Morgan fingerprint density at radius 3 is 1.00 bits per heavy atom. The zero-order valence-corrected chi connectivity index (χ0v) is 6.50. The van der Waals surface area contributed by atoms with Crippen LogP contribution in [0.4, 0.5) is 0 Å². The SMILES string of the molecule is [Ag].[B].[Co].[Fe].[Ni]. The number of rotatable bonds is 0. The van der Waals surface area contributed by atoms with Crippen LogP contribution in [0.15, 0.2) is 0 Å². The molecule has 0 heterocycles. The van der Waals surface area contributed by atoms with Crippen molar-refractivity contribution >= 4 is 8.41 Å². The summed E-state index contributed by atoms with van der Waals surface area (Å²) in [5.74, 6) is 0. The van der Waals surface area contributed by atoms with E-state index in [-0.39, 0.29) is 81.1 Å². The minimum atomic E-state index is 0. The van der Waals surface area contributed by atoms with Crippen molar-refractivity contribution in [2.75, 3.05) is 0 Å². The summed E-state index contributed by atoms with van der Waals surface area (Å²) in [6.45, 7) is 0. The van der Waals surface area contributed by atoms with Gasteiger partial charge in [-0.1, -0.05) is 0 Å². The van der Waals surface area contributed by atoms with Gasteiger partial charge in [-0.2, -0.15) is 0 Å². The van der Waals surface area contributed by atoms with Gasteiger partial charge in [-0.3, -0.25) is 0 Å². The van der Waals surface area contributed by atoms with Gasteiger partial charge in [0.1, 0.15) is 0 Å². The molecule has 0 aromatic rings. The molecule has 0 amide bonds. The van der Waals surface area contributed by atoms with Crippen molar-refractivity contribution in [3.63, 3.8) is 0 Å². The van der Waals surface area contributed by atoms with Crippen LogP contribution in [0.1, 0.15) is 0 Å². The molecule has 41 valence electrons. The van der Waals surface area contributed by atoms with Crippen LogP contribution in [0.2, 0.25) is 0 Å². The molecular weight excluding hydrogens is 292 g/mol. The minimum absolute atomic E-state index is 0. The third kappa shape index (κ3) is 21.9.